The van der Waals surface area contributed by atoms with Crippen molar-refractivity contribution >= 4 is 29.5 Å². The molecule has 0 amide bonds. The summed E-state index contributed by atoms with van der Waals surface area (Å²) in [5, 5.41) is 9.54. The highest BCUT2D eigenvalue weighted by Crippen LogP contribution is 2.21. The second-order valence-electron chi connectivity index (χ2n) is 4.93. The third-order valence-corrected chi connectivity index (χ3v) is 4.93. The minimum absolute atomic E-state index is 0.0248. The molecule has 0 bridgehead atoms. The van der Waals surface area contributed by atoms with E-state index in [1.165, 1.54) is 6.07 Å². The Balaban J connectivity index is 1.91. The molecule has 7 heteroatoms. The van der Waals surface area contributed by atoms with Crippen molar-refractivity contribution in [2.24, 2.45) is 0 Å². The summed E-state index contributed by atoms with van der Waals surface area (Å²) in [6.45, 7) is 1.89. The Morgan fingerprint density at radius 2 is 2.04 bits per heavy atom. The normalized spacial score (nSPS) is 10.2. The van der Waals surface area contributed by atoms with Crippen LogP contribution in [0.15, 0.2) is 45.0 Å². The number of carbonyl (C=O) groups is 1. The van der Waals surface area contributed by atoms with E-state index in [9.17, 15) is 9.59 Å². The predicted molar refractivity (Wildman–Crippen MR) is 95.3 cm³/mol. The molecule has 24 heavy (non-hydrogen) atoms. The predicted octanol–water partition coefficient (Wildman–Crippen LogP) is 3.11. The van der Waals surface area contributed by atoms with Crippen molar-refractivity contribution in [3.8, 4) is 6.07 Å². The second-order valence-corrected chi connectivity index (χ2v) is 6.80. The van der Waals surface area contributed by atoms with Crippen LogP contribution in [0.2, 0.25) is 0 Å². The summed E-state index contributed by atoms with van der Waals surface area (Å²) in [5.41, 5.74) is 1.58. The number of nitrogens with zero attached hydrogens (tertiary/aromatic N) is 1. The number of H-pyrrole nitrogens is 1. The monoisotopic (exact) mass is 360 g/mol. The molecule has 0 atom stereocenters. The van der Waals surface area contributed by atoms with Crippen molar-refractivity contribution < 1.29 is 9.53 Å². The molecule has 0 unspecified atom stereocenters. The first-order valence-corrected chi connectivity index (χ1v) is 9.30. The number of rotatable bonds is 6. The number of nitrogens with one attached hydrogen (secondary N) is 1. The van der Waals surface area contributed by atoms with E-state index in [1.54, 1.807) is 18.7 Å². The van der Waals surface area contributed by atoms with Crippen molar-refractivity contribution in [1.82, 2.24) is 4.98 Å². The van der Waals surface area contributed by atoms with Gasteiger partial charge < -0.3 is 9.72 Å². The van der Waals surface area contributed by atoms with Gasteiger partial charge in [-0.3, -0.25) is 9.59 Å². The lowest BCUT2D eigenvalue weighted by Gasteiger charge is -2.07. The fraction of sp³-hybridized carbons (Fsp3) is 0.235. The molecule has 0 saturated carbocycles. The Hall–Kier alpha value is -2.17. The first-order valence-electron chi connectivity index (χ1n) is 7.09. The van der Waals surface area contributed by atoms with Gasteiger partial charge in [0.1, 0.15) is 12.7 Å². The second kappa shape index (κ2) is 8.62. The Morgan fingerprint density at radius 3 is 2.67 bits per heavy atom. The smallest absolute Gasteiger partial charge is 0.316 e. The SMILES string of the molecule is CSc1ccc(COC(=O)CSc2[nH]c(=O)cc(C)c2C#N)cc1. The van der Waals surface area contributed by atoms with Gasteiger partial charge in [-0.1, -0.05) is 23.9 Å². The number of carbonyl (C=O) groups excluding carboxylic acids is 1. The summed E-state index contributed by atoms with van der Waals surface area (Å²) < 4.78 is 5.22. The summed E-state index contributed by atoms with van der Waals surface area (Å²) >= 11 is 2.74. The maximum atomic E-state index is 11.9. The minimum Gasteiger partial charge on any atom is -0.460 e. The van der Waals surface area contributed by atoms with E-state index >= 15 is 0 Å². The van der Waals surface area contributed by atoms with Crippen LogP contribution < -0.4 is 5.56 Å². The van der Waals surface area contributed by atoms with Gasteiger partial charge in [0.25, 0.3) is 0 Å². The standard InChI is InChI=1S/C17H16N2O3S2/c1-11-7-15(20)19-17(14(11)8-18)24-10-16(21)22-9-12-3-5-13(23-2)6-4-12/h3-7H,9-10H2,1-2H3,(H,19,20). The molecule has 2 rings (SSSR count). The van der Waals surface area contributed by atoms with E-state index in [0.29, 0.717) is 16.2 Å². The lowest BCUT2D eigenvalue weighted by atomic mass is 10.2. The van der Waals surface area contributed by atoms with Gasteiger partial charge in [-0.2, -0.15) is 5.26 Å². The van der Waals surface area contributed by atoms with Crippen LogP contribution in [0.25, 0.3) is 0 Å². The summed E-state index contributed by atoms with van der Waals surface area (Å²) in [7, 11) is 0. The van der Waals surface area contributed by atoms with Crippen molar-refractivity contribution in [3.05, 3.63) is 57.4 Å². The zero-order valence-corrected chi connectivity index (χ0v) is 14.9. The van der Waals surface area contributed by atoms with Crippen LogP contribution in [0.4, 0.5) is 0 Å². The summed E-state index contributed by atoms with van der Waals surface area (Å²) in [5.74, 6) is -0.378. The highest BCUT2D eigenvalue weighted by atomic mass is 32.2. The van der Waals surface area contributed by atoms with Gasteiger partial charge >= 0.3 is 5.97 Å². The van der Waals surface area contributed by atoms with Crippen LogP contribution in [0.5, 0.6) is 0 Å². The van der Waals surface area contributed by atoms with Gasteiger partial charge in [0.05, 0.1) is 16.3 Å². The van der Waals surface area contributed by atoms with Crippen molar-refractivity contribution in [2.75, 3.05) is 12.0 Å². The molecule has 2 aromatic rings. The largest absolute Gasteiger partial charge is 0.460 e. The Kier molecular flexibility index (Phi) is 6.53. The number of thioether (sulfide) groups is 2. The number of aryl methyl sites for hydroxylation is 1. The van der Waals surface area contributed by atoms with E-state index in [0.717, 1.165) is 22.2 Å². The average molecular weight is 360 g/mol. The van der Waals surface area contributed by atoms with E-state index in [1.807, 2.05) is 36.6 Å². The topological polar surface area (TPSA) is 83.0 Å². The molecule has 124 valence electrons. The van der Waals surface area contributed by atoms with Gasteiger partial charge in [-0.25, -0.2) is 0 Å². The first-order chi connectivity index (χ1) is 11.5. The summed E-state index contributed by atoms with van der Waals surface area (Å²) in [6, 6.07) is 11.2. The molecule has 0 fully saturated rings. The maximum Gasteiger partial charge on any atom is 0.316 e. The number of ether oxygens (including phenoxy) is 1. The van der Waals surface area contributed by atoms with Crippen LogP contribution in [-0.4, -0.2) is 23.0 Å². The molecule has 5 nitrogen and oxygen atoms in total. The number of esters is 1. The van der Waals surface area contributed by atoms with Gasteiger partial charge in [0.2, 0.25) is 5.56 Å². The molecule has 1 aromatic heterocycles. The fourth-order valence-corrected chi connectivity index (χ4v) is 3.24. The molecule has 1 heterocycles. The molecule has 0 saturated heterocycles. The van der Waals surface area contributed by atoms with Crippen molar-refractivity contribution in [2.45, 2.75) is 23.5 Å². The zero-order chi connectivity index (χ0) is 17.5. The fourth-order valence-electron chi connectivity index (χ4n) is 1.96. The first kappa shape index (κ1) is 18.2. The number of pyridine rings is 1. The van der Waals surface area contributed by atoms with Gasteiger partial charge in [-0.15, -0.1) is 11.8 Å². The van der Waals surface area contributed by atoms with Crippen LogP contribution in [0, 0.1) is 18.3 Å². The van der Waals surface area contributed by atoms with Gasteiger partial charge in [0, 0.05) is 11.0 Å². The van der Waals surface area contributed by atoms with Crippen molar-refractivity contribution in [3.63, 3.8) is 0 Å². The van der Waals surface area contributed by atoms with Crippen LogP contribution in [0.1, 0.15) is 16.7 Å². The molecule has 0 aliphatic rings. The van der Waals surface area contributed by atoms with Gasteiger partial charge in [-0.05, 0) is 36.4 Å². The Labute approximate surface area is 148 Å². The van der Waals surface area contributed by atoms with Crippen molar-refractivity contribution in [1.29, 1.82) is 5.26 Å². The Morgan fingerprint density at radius 1 is 1.33 bits per heavy atom. The van der Waals surface area contributed by atoms with E-state index in [4.69, 9.17) is 10.00 Å². The lowest BCUT2D eigenvalue weighted by Crippen LogP contribution is -2.11. The zero-order valence-electron chi connectivity index (χ0n) is 13.3. The number of hydrogen-bond donors (Lipinski definition) is 1. The molecule has 1 aromatic carbocycles. The third-order valence-electron chi connectivity index (χ3n) is 3.21. The molecule has 0 aliphatic heterocycles. The van der Waals surface area contributed by atoms with Crippen LogP contribution in [-0.2, 0) is 16.1 Å². The molecule has 1 N–H and O–H groups in total. The molecular weight excluding hydrogens is 344 g/mol. The highest BCUT2D eigenvalue weighted by Gasteiger charge is 2.11. The summed E-state index contributed by atoms with van der Waals surface area (Å²) in [6.07, 6.45) is 2.00. The number of benzene rings is 1. The molecule has 0 aliphatic carbocycles. The number of hydrogen-bond acceptors (Lipinski definition) is 6. The van der Waals surface area contributed by atoms with Crippen LogP contribution >= 0.6 is 23.5 Å². The molecule has 0 radical (unpaired) electrons. The lowest BCUT2D eigenvalue weighted by molar-refractivity contribution is -0.141. The van der Waals surface area contributed by atoms with E-state index in [-0.39, 0.29) is 17.9 Å². The number of nitriles is 1. The average Bonchev–Trinajstić information content (AvgIpc) is 2.58. The van der Waals surface area contributed by atoms with Gasteiger partial charge in [0.15, 0.2) is 0 Å². The summed E-state index contributed by atoms with van der Waals surface area (Å²) in [4.78, 5) is 27.1. The highest BCUT2D eigenvalue weighted by molar-refractivity contribution is 8.00. The van der Waals surface area contributed by atoms with E-state index in [2.05, 4.69) is 4.98 Å². The Bertz CT molecular complexity index is 823. The molecule has 0 spiro atoms. The maximum absolute atomic E-state index is 11.9. The van der Waals surface area contributed by atoms with E-state index < -0.39 is 5.97 Å². The number of aromatic nitrogens is 1. The third kappa shape index (κ3) is 4.91. The molecular formula is C17H16N2O3S2. The van der Waals surface area contributed by atoms with Crippen LogP contribution in [0.3, 0.4) is 0 Å². The minimum atomic E-state index is -0.403. The number of aromatic amines is 1. The quantitative estimate of drug-likeness (QED) is 0.629.